The van der Waals surface area contributed by atoms with Crippen LogP contribution < -0.4 is 26.2 Å². The van der Waals surface area contributed by atoms with E-state index in [4.69, 9.17) is 9.15 Å². The van der Waals surface area contributed by atoms with Crippen molar-refractivity contribution in [1.29, 1.82) is 0 Å². The van der Waals surface area contributed by atoms with Crippen molar-refractivity contribution in [3.63, 3.8) is 0 Å². The quantitative estimate of drug-likeness (QED) is 0.507. The van der Waals surface area contributed by atoms with Crippen LogP contribution in [0.2, 0.25) is 0 Å². The zero-order valence-corrected chi connectivity index (χ0v) is 15.7. The molecule has 0 radical (unpaired) electrons. The lowest BCUT2D eigenvalue weighted by molar-refractivity contribution is 0.0693. The molecule has 28 heavy (non-hydrogen) atoms. The molecule has 1 heterocycles. The van der Waals surface area contributed by atoms with Crippen LogP contribution in [-0.2, 0) is 0 Å². The molecule has 8 nitrogen and oxygen atoms in total. The maximum atomic E-state index is 12.1. The average Bonchev–Trinajstić information content (AvgIpc) is 3.12. The van der Waals surface area contributed by atoms with Crippen molar-refractivity contribution >= 4 is 23.0 Å². The van der Waals surface area contributed by atoms with E-state index < -0.39 is 16.8 Å². The van der Waals surface area contributed by atoms with E-state index in [1.807, 2.05) is 26.0 Å². The smallest absolute Gasteiger partial charge is 0.339 e. The van der Waals surface area contributed by atoms with E-state index in [2.05, 4.69) is 10.6 Å². The summed E-state index contributed by atoms with van der Waals surface area (Å²) in [6.45, 7) is 3.75. The summed E-state index contributed by atoms with van der Waals surface area (Å²) in [5, 5.41) is 15.2. The van der Waals surface area contributed by atoms with Crippen LogP contribution in [0, 0.1) is 6.92 Å². The first-order chi connectivity index (χ1) is 13.4. The van der Waals surface area contributed by atoms with Gasteiger partial charge in [-0.25, -0.2) is 4.79 Å². The molecule has 0 unspecified atom stereocenters. The van der Waals surface area contributed by atoms with Gasteiger partial charge in [0.25, 0.3) is 10.9 Å². The number of hydrogen-bond donors (Lipinski definition) is 3. The van der Waals surface area contributed by atoms with Gasteiger partial charge in [-0.3, -0.25) is 9.59 Å². The van der Waals surface area contributed by atoms with Crippen LogP contribution in [-0.4, -0.2) is 18.2 Å². The number of aryl methyl sites for hydroxylation is 1. The molecule has 3 aromatic rings. The van der Waals surface area contributed by atoms with Crippen LogP contribution in [0.3, 0.4) is 0 Å². The average molecular weight is 384 g/mol. The van der Waals surface area contributed by atoms with Crippen LogP contribution >= 0.6 is 0 Å². The van der Waals surface area contributed by atoms with E-state index in [0.717, 1.165) is 5.76 Å². The molecule has 3 rings (SSSR count). The minimum absolute atomic E-state index is 0.0572. The minimum Gasteiger partial charge on any atom is -0.494 e. The van der Waals surface area contributed by atoms with Gasteiger partial charge < -0.3 is 24.9 Å². The fourth-order valence-electron chi connectivity index (χ4n) is 3.00. The zero-order valence-electron chi connectivity index (χ0n) is 15.7. The summed E-state index contributed by atoms with van der Waals surface area (Å²) in [6, 6.07) is 7.83. The molecule has 1 aromatic heterocycles. The molecular weight excluding hydrogens is 364 g/mol. The number of benzene rings is 1. The van der Waals surface area contributed by atoms with E-state index in [0.29, 0.717) is 12.2 Å². The Kier molecular flexibility index (Phi) is 5.21. The third kappa shape index (κ3) is 3.36. The lowest BCUT2D eigenvalue weighted by Crippen LogP contribution is -2.37. The van der Waals surface area contributed by atoms with Gasteiger partial charge in [-0.1, -0.05) is 13.0 Å². The molecule has 0 aliphatic carbocycles. The zero-order chi connectivity index (χ0) is 20.4. The molecule has 0 aliphatic rings. The molecule has 2 aromatic carbocycles. The van der Waals surface area contributed by atoms with Crippen LogP contribution in [0.25, 0.3) is 0 Å². The Morgan fingerprint density at radius 3 is 2.46 bits per heavy atom. The normalized spacial score (nSPS) is 12.0. The number of nitrogens with one attached hydrogen (secondary N) is 2. The highest BCUT2D eigenvalue weighted by Gasteiger charge is 2.26. The summed E-state index contributed by atoms with van der Waals surface area (Å²) in [4.78, 5) is 35.6. The van der Waals surface area contributed by atoms with Gasteiger partial charge in [0.15, 0.2) is 5.75 Å². The second-order valence-electron chi connectivity index (χ2n) is 6.28. The van der Waals surface area contributed by atoms with Crippen molar-refractivity contribution in [1.82, 2.24) is 0 Å². The Bertz CT molecular complexity index is 1090. The number of carboxylic acids is 1. The number of para-hydroxylation sites is 1. The second kappa shape index (κ2) is 7.59. The number of methoxy groups -OCH3 is 1. The number of carbonyl (C=O) groups is 1. The monoisotopic (exact) mass is 384 g/mol. The van der Waals surface area contributed by atoms with Crippen LogP contribution in [0.1, 0.15) is 41.3 Å². The number of furan rings is 1. The van der Waals surface area contributed by atoms with Gasteiger partial charge in [-0.15, -0.1) is 0 Å². The highest BCUT2D eigenvalue weighted by molar-refractivity contribution is 5.94. The first-order valence-corrected chi connectivity index (χ1v) is 8.70. The van der Waals surface area contributed by atoms with E-state index in [1.165, 1.54) is 19.2 Å². The second-order valence-corrected chi connectivity index (χ2v) is 6.28. The molecule has 0 saturated carbocycles. The molecule has 8 heteroatoms. The third-order valence-electron chi connectivity index (χ3n) is 4.45. The van der Waals surface area contributed by atoms with E-state index in [-0.39, 0.29) is 34.4 Å². The largest absolute Gasteiger partial charge is 0.494 e. The van der Waals surface area contributed by atoms with Gasteiger partial charge in [0.05, 0.1) is 18.8 Å². The molecule has 0 spiro atoms. The molecule has 0 saturated heterocycles. The number of aromatic carboxylic acids is 1. The standard InChI is InChI=1S/C20H20N2O6/c1-4-12(14-9-8-10(2)28-14)21-15-16(18(24)17(15)23)22-13-7-5-6-11(20(25)26)19(13)27-3/h5-9,12,21-22H,4H2,1-3H3,(H,25,26)/t12-/m1/s1. The predicted octanol–water partition coefficient (Wildman–Crippen LogP) is 3.20. The third-order valence-corrected chi connectivity index (χ3v) is 4.45. The number of anilines is 3. The molecule has 3 N–H and O–H groups in total. The molecule has 0 fully saturated rings. The first-order valence-electron chi connectivity index (χ1n) is 8.70. The van der Waals surface area contributed by atoms with E-state index in [9.17, 15) is 19.5 Å². The number of rotatable bonds is 8. The van der Waals surface area contributed by atoms with Gasteiger partial charge in [-0.2, -0.15) is 0 Å². The lowest BCUT2D eigenvalue weighted by atomic mass is 10.1. The van der Waals surface area contributed by atoms with Gasteiger partial charge in [-0.05, 0) is 37.6 Å². The Labute approximate surface area is 160 Å². The first kappa shape index (κ1) is 19.2. The molecule has 0 amide bonds. The summed E-state index contributed by atoms with van der Waals surface area (Å²) in [7, 11) is 1.33. The summed E-state index contributed by atoms with van der Waals surface area (Å²) in [5.74, 6) is 0.309. The SMILES string of the molecule is CC[C@@H](Nc1c(Nc2cccc(C(=O)O)c2OC)c(=O)c1=O)c1ccc(C)o1. The Hall–Kier alpha value is -3.55. The van der Waals surface area contributed by atoms with Crippen molar-refractivity contribution in [2.45, 2.75) is 26.3 Å². The predicted molar refractivity (Wildman–Crippen MR) is 105 cm³/mol. The fraction of sp³-hybridized carbons (Fsp3) is 0.250. The maximum absolute atomic E-state index is 12.1. The van der Waals surface area contributed by atoms with Crippen LogP contribution in [0.4, 0.5) is 17.1 Å². The number of ether oxygens (including phenoxy) is 1. The Balaban J connectivity index is 1.93. The number of carboxylic acid groups (broad SMARTS) is 1. The van der Waals surface area contributed by atoms with Gasteiger partial charge >= 0.3 is 5.97 Å². The van der Waals surface area contributed by atoms with Crippen molar-refractivity contribution in [2.75, 3.05) is 17.7 Å². The Morgan fingerprint density at radius 2 is 1.89 bits per heavy atom. The topological polar surface area (TPSA) is 118 Å². The van der Waals surface area contributed by atoms with Gasteiger partial charge in [0.1, 0.15) is 28.5 Å². The molecular formula is C20H20N2O6. The fourth-order valence-corrected chi connectivity index (χ4v) is 3.00. The molecule has 146 valence electrons. The van der Waals surface area contributed by atoms with Crippen molar-refractivity contribution < 1.29 is 19.1 Å². The maximum Gasteiger partial charge on any atom is 0.339 e. The van der Waals surface area contributed by atoms with Crippen LogP contribution in [0.15, 0.2) is 44.3 Å². The lowest BCUT2D eigenvalue weighted by Gasteiger charge is -2.21. The summed E-state index contributed by atoms with van der Waals surface area (Å²) >= 11 is 0. The van der Waals surface area contributed by atoms with Crippen molar-refractivity contribution in [2.24, 2.45) is 0 Å². The molecule has 0 aliphatic heterocycles. The van der Waals surface area contributed by atoms with Gasteiger partial charge in [0.2, 0.25) is 0 Å². The highest BCUT2D eigenvalue weighted by Crippen LogP contribution is 2.33. The van der Waals surface area contributed by atoms with Crippen molar-refractivity contribution in [3.05, 3.63) is 67.9 Å². The Morgan fingerprint density at radius 1 is 1.18 bits per heavy atom. The highest BCUT2D eigenvalue weighted by atomic mass is 16.5. The van der Waals surface area contributed by atoms with Crippen LogP contribution in [0.5, 0.6) is 5.75 Å². The molecule has 0 bridgehead atoms. The molecule has 1 atom stereocenters. The van der Waals surface area contributed by atoms with E-state index in [1.54, 1.807) is 6.07 Å². The van der Waals surface area contributed by atoms with Gasteiger partial charge in [0, 0.05) is 0 Å². The summed E-state index contributed by atoms with van der Waals surface area (Å²) in [5.41, 5.74) is -0.910. The van der Waals surface area contributed by atoms with E-state index >= 15 is 0 Å². The number of hydrogen-bond acceptors (Lipinski definition) is 7. The van der Waals surface area contributed by atoms with Crippen molar-refractivity contribution in [3.8, 4) is 5.75 Å². The summed E-state index contributed by atoms with van der Waals surface area (Å²) < 4.78 is 10.8. The summed E-state index contributed by atoms with van der Waals surface area (Å²) in [6.07, 6.45) is 0.628. The minimum atomic E-state index is -1.16.